The topological polar surface area (TPSA) is 108 Å². The summed E-state index contributed by atoms with van der Waals surface area (Å²) in [5.41, 5.74) is 0. The Balaban J connectivity index is 4.09. The van der Waals surface area contributed by atoms with Crippen molar-refractivity contribution >= 4 is 17.9 Å². The molecule has 0 fully saturated rings. The highest BCUT2D eigenvalue weighted by molar-refractivity contribution is 5.71. The summed E-state index contributed by atoms with van der Waals surface area (Å²) < 4.78 is 23.0. The average Bonchev–Trinajstić information content (AvgIpc) is 3.44. The zero-order chi connectivity index (χ0) is 59.1. The number of carbonyl (C=O) groups is 3. The second-order valence-corrected chi connectivity index (χ2v) is 23.7. The molecule has 81 heavy (non-hydrogen) atoms. The van der Waals surface area contributed by atoms with Crippen molar-refractivity contribution in [3.63, 3.8) is 0 Å². The lowest BCUT2D eigenvalue weighted by atomic mass is 10.0. The van der Waals surface area contributed by atoms with Crippen molar-refractivity contribution in [1.82, 2.24) is 0 Å². The zero-order valence-electron chi connectivity index (χ0n) is 53.4. The fourth-order valence-electron chi connectivity index (χ4n) is 9.48. The molecule has 2 atom stereocenters. The normalized spacial score (nSPS) is 13.2. The van der Waals surface area contributed by atoms with Gasteiger partial charge in [-0.05, 0) is 89.9 Å². The number of nitrogens with zero attached hydrogens (tertiary/aromatic N) is 1. The number of rotatable bonds is 62. The highest BCUT2D eigenvalue weighted by Gasteiger charge is 2.25. The molecule has 0 amide bonds. The lowest BCUT2D eigenvalue weighted by Gasteiger charge is -2.25. The third-order valence-electron chi connectivity index (χ3n) is 14.6. The first-order valence-corrected chi connectivity index (χ1v) is 33.8. The lowest BCUT2D eigenvalue weighted by Crippen LogP contribution is -2.40. The van der Waals surface area contributed by atoms with Gasteiger partial charge in [0.1, 0.15) is 13.2 Å². The molecule has 0 aliphatic rings. The maximum atomic E-state index is 12.9. The zero-order valence-corrected chi connectivity index (χ0v) is 53.4. The fourth-order valence-corrected chi connectivity index (χ4v) is 9.48. The highest BCUT2D eigenvalue weighted by Crippen LogP contribution is 2.17. The molecule has 0 saturated heterocycles. The van der Waals surface area contributed by atoms with E-state index in [4.69, 9.17) is 18.9 Å². The van der Waals surface area contributed by atoms with E-state index in [-0.39, 0.29) is 32.2 Å². The van der Waals surface area contributed by atoms with Gasteiger partial charge in [-0.15, -0.1) is 0 Å². The van der Waals surface area contributed by atoms with Gasteiger partial charge in [-0.25, -0.2) is 4.79 Å². The Hall–Kier alpha value is -3.53. The molecule has 468 valence electrons. The molecule has 0 aliphatic carbocycles. The Morgan fingerprint density at radius 1 is 0.383 bits per heavy atom. The van der Waals surface area contributed by atoms with Crippen LogP contribution >= 0.6 is 0 Å². The minimum Gasteiger partial charge on any atom is -0.477 e. The van der Waals surface area contributed by atoms with Gasteiger partial charge >= 0.3 is 17.9 Å². The van der Waals surface area contributed by atoms with Crippen LogP contribution in [0.4, 0.5) is 0 Å². The molecule has 9 nitrogen and oxygen atoms in total. The summed E-state index contributed by atoms with van der Waals surface area (Å²) in [6.45, 7) is 4.78. The van der Waals surface area contributed by atoms with Gasteiger partial charge in [0.05, 0.1) is 34.4 Å². The molecule has 0 aromatic rings. The molecule has 9 heteroatoms. The molecule has 0 spiro atoms. The molecule has 0 radical (unpaired) electrons. The Morgan fingerprint density at radius 3 is 1.05 bits per heavy atom. The molecular formula is C72H128NO8+. The summed E-state index contributed by atoms with van der Waals surface area (Å²) in [7, 11) is 5.98. The summed E-state index contributed by atoms with van der Waals surface area (Å²) in [5, 5.41) is 9.73. The van der Waals surface area contributed by atoms with Crippen LogP contribution in [0.15, 0.2) is 85.1 Å². The van der Waals surface area contributed by atoms with Gasteiger partial charge in [0, 0.05) is 12.8 Å². The first-order chi connectivity index (χ1) is 39.6. The van der Waals surface area contributed by atoms with Gasteiger partial charge in [0.15, 0.2) is 6.10 Å². The number of hydrogen-bond acceptors (Lipinski definition) is 7. The van der Waals surface area contributed by atoms with E-state index in [2.05, 4.69) is 98.9 Å². The van der Waals surface area contributed by atoms with Crippen LogP contribution in [-0.2, 0) is 33.3 Å². The number of carbonyl (C=O) groups excluding carboxylic acids is 2. The third kappa shape index (κ3) is 63.9. The van der Waals surface area contributed by atoms with Crippen LogP contribution in [0.25, 0.3) is 0 Å². The van der Waals surface area contributed by atoms with Crippen LogP contribution in [0.5, 0.6) is 0 Å². The second kappa shape index (κ2) is 62.5. The number of carboxylic acids is 1. The monoisotopic (exact) mass is 1130 g/mol. The first-order valence-electron chi connectivity index (χ1n) is 33.8. The maximum Gasteiger partial charge on any atom is 0.361 e. The van der Waals surface area contributed by atoms with Crippen LogP contribution in [0.2, 0.25) is 0 Å². The van der Waals surface area contributed by atoms with E-state index in [1.807, 2.05) is 21.1 Å². The molecule has 2 unspecified atom stereocenters. The van der Waals surface area contributed by atoms with Gasteiger partial charge in [-0.1, -0.05) is 279 Å². The van der Waals surface area contributed by atoms with E-state index < -0.39 is 24.3 Å². The van der Waals surface area contributed by atoms with Crippen molar-refractivity contribution < 1.29 is 42.9 Å². The van der Waals surface area contributed by atoms with Crippen molar-refractivity contribution in [3.05, 3.63) is 85.1 Å². The number of hydrogen-bond donors (Lipinski definition) is 1. The maximum absolute atomic E-state index is 12.9. The number of carboxylic acid groups (broad SMARTS) is 1. The smallest absolute Gasteiger partial charge is 0.361 e. The molecular weight excluding hydrogens is 1010 g/mol. The van der Waals surface area contributed by atoms with Crippen molar-refractivity contribution in [1.29, 1.82) is 0 Å². The third-order valence-corrected chi connectivity index (χ3v) is 14.6. The summed E-state index contributed by atoms with van der Waals surface area (Å²) in [5.74, 6) is -2.00. The van der Waals surface area contributed by atoms with E-state index in [1.54, 1.807) is 0 Å². The van der Waals surface area contributed by atoms with E-state index in [1.165, 1.54) is 193 Å². The molecule has 0 heterocycles. The van der Waals surface area contributed by atoms with Crippen LogP contribution in [0, 0.1) is 0 Å². The van der Waals surface area contributed by atoms with Crippen LogP contribution in [0.3, 0.4) is 0 Å². The first kappa shape index (κ1) is 77.5. The van der Waals surface area contributed by atoms with Crippen molar-refractivity contribution in [3.8, 4) is 0 Å². The summed E-state index contributed by atoms with van der Waals surface area (Å²) in [6, 6.07) is 0. The Bertz CT molecular complexity index is 1600. The Morgan fingerprint density at radius 2 is 0.704 bits per heavy atom. The van der Waals surface area contributed by atoms with E-state index in [9.17, 15) is 19.5 Å². The average molecular weight is 1140 g/mol. The Kier molecular flexibility index (Phi) is 59.8. The molecule has 0 aromatic carbocycles. The summed E-state index contributed by atoms with van der Waals surface area (Å²) in [4.78, 5) is 37.6. The lowest BCUT2D eigenvalue weighted by molar-refractivity contribution is -0.870. The minimum absolute atomic E-state index is 0.184. The second-order valence-electron chi connectivity index (χ2n) is 23.7. The molecule has 0 rings (SSSR count). The fraction of sp³-hybridized carbons (Fsp3) is 0.764. The van der Waals surface area contributed by atoms with Gasteiger partial charge in [0.2, 0.25) is 0 Å². The number of esters is 2. The van der Waals surface area contributed by atoms with Gasteiger partial charge in [0.25, 0.3) is 6.29 Å². The largest absolute Gasteiger partial charge is 0.477 e. The van der Waals surface area contributed by atoms with Gasteiger partial charge in [-0.2, -0.15) is 0 Å². The minimum atomic E-state index is -1.51. The van der Waals surface area contributed by atoms with Crippen molar-refractivity contribution in [2.24, 2.45) is 0 Å². The number of aliphatic carboxylic acids is 1. The molecule has 0 aromatic heterocycles. The van der Waals surface area contributed by atoms with Crippen LogP contribution in [-0.4, -0.2) is 87.4 Å². The standard InChI is InChI=1S/C72H127NO8/c1-6-8-10-12-14-16-18-20-22-24-26-28-29-30-31-32-33-34-35-36-37-38-39-40-41-43-45-47-49-51-53-55-57-59-61-63-70(75)81-68(67-80-72(71(76)77)78-65-64-73(3,4)5)66-79-69(74)62-60-58-56-54-52-50-48-46-44-42-27-25-23-21-19-17-15-13-11-9-7-2/h8,10,14,16,19-22,25-28,30-31,68,72H,6-7,9,11-13,15,17-18,23-24,29,32-67H2,1-5H3/p+1/b10-8-,16-14-,21-19-,22-20-,27-25-,28-26-,31-30-. The number of likely N-dealkylation sites (N-methyl/N-ethyl adjacent to an activating group) is 1. The predicted octanol–water partition coefficient (Wildman–Crippen LogP) is 20.7. The van der Waals surface area contributed by atoms with E-state index in [0.717, 1.165) is 77.0 Å². The van der Waals surface area contributed by atoms with Crippen molar-refractivity contribution in [2.45, 2.75) is 309 Å². The van der Waals surface area contributed by atoms with Crippen molar-refractivity contribution in [2.75, 3.05) is 47.5 Å². The van der Waals surface area contributed by atoms with Crippen LogP contribution < -0.4 is 0 Å². The highest BCUT2D eigenvalue weighted by atomic mass is 16.7. The van der Waals surface area contributed by atoms with Crippen LogP contribution in [0.1, 0.15) is 296 Å². The van der Waals surface area contributed by atoms with E-state index >= 15 is 0 Å². The molecule has 0 saturated carbocycles. The molecule has 1 N–H and O–H groups in total. The summed E-state index contributed by atoms with van der Waals surface area (Å²) in [6.07, 6.45) is 81.2. The number of ether oxygens (including phenoxy) is 4. The van der Waals surface area contributed by atoms with Gasteiger partial charge in [-0.3, -0.25) is 9.59 Å². The quantitative estimate of drug-likeness (QED) is 0.0211. The van der Waals surface area contributed by atoms with E-state index in [0.29, 0.717) is 17.4 Å². The summed E-state index contributed by atoms with van der Waals surface area (Å²) >= 11 is 0. The predicted molar refractivity (Wildman–Crippen MR) is 346 cm³/mol. The SMILES string of the molecule is CC/C=C\C/C=C\C/C=C\C/C=C\C/C=C\CCCCCCCCCCCCCCCCCCCCCC(=O)OC(COC(=O)CCCCCCCCCCC/C=C\C/C=C\CCCCCCC)COC(OCC[N+](C)(C)C)C(=O)O. The Labute approximate surface area is 500 Å². The van der Waals surface area contributed by atoms with Gasteiger partial charge < -0.3 is 28.5 Å². The molecule has 0 bridgehead atoms. The number of unbranched alkanes of at least 4 members (excludes halogenated alkanes) is 33. The number of allylic oxidation sites excluding steroid dienone is 14. The number of quaternary nitrogens is 1. The molecule has 0 aliphatic heterocycles.